The van der Waals surface area contributed by atoms with Crippen molar-refractivity contribution in [1.82, 2.24) is 4.90 Å². The maximum Gasteiger partial charge on any atom is 0.307 e. The second-order valence-corrected chi connectivity index (χ2v) is 3.35. The number of esters is 1. The summed E-state index contributed by atoms with van der Waals surface area (Å²) in [5.41, 5.74) is 0. The molecule has 5 heteroatoms. The number of rotatable bonds is 9. The lowest BCUT2D eigenvalue weighted by Crippen LogP contribution is -2.19. The zero-order valence-corrected chi connectivity index (χ0v) is 9.82. The van der Waals surface area contributed by atoms with Gasteiger partial charge in [-0.15, -0.1) is 0 Å². The predicted molar refractivity (Wildman–Crippen MR) is 56.8 cm³/mol. The summed E-state index contributed by atoms with van der Waals surface area (Å²) < 4.78 is 14.9. The second kappa shape index (κ2) is 9.89. The van der Waals surface area contributed by atoms with Crippen LogP contribution in [0.5, 0.6) is 0 Å². The molecule has 0 amide bonds. The Labute approximate surface area is 91.3 Å². The van der Waals surface area contributed by atoms with Gasteiger partial charge in [0.1, 0.15) is 0 Å². The molecule has 0 aromatic carbocycles. The fourth-order valence-corrected chi connectivity index (χ4v) is 0.827. The van der Waals surface area contributed by atoms with Crippen molar-refractivity contribution in [2.24, 2.45) is 0 Å². The van der Waals surface area contributed by atoms with Gasteiger partial charge in [0.15, 0.2) is 0 Å². The zero-order valence-electron chi connectivity index (χ0n) is 9.82. The van der Waals surface area contributed by atoms with Gasteiger partial charge in [-0.2, -0.15) is 0 Å². The van der Waals surface area contributed by atoms with Crippen LogP contribution in [0.25, 0.3) is 0 Å². The van der Waals surface area contributed by atoms with Gasteiger partial charge in [0.05, 0.1) is 40.0 Å². The third-order valence-electron chi connectivity index (χ3n) is 1.73. The van der Waals surface area contributed by atoms with Crippen LogP contribution in [0, 0.1) is 0 Å². The molecule has 15 heavy (non-hydrogen) atoms. The number of likely N-dealkylation sites (N-methyl/N-ethyl adjacent to an activating group) is 1. The summed E-state index contributed by atoms with van der Waals surface area (Å²) in [6.45, 7) is 3.08. The van der Waals surface area contributed by atoms with E-state index in [1.54, 1.807) is 0 Å². The van der Waals surface area contributed by atoms with E-state index >= 15 is 0 Å². The van der Waals surface area contributed by atoms with Crippen LogP contribution < -0.4 is 0 Å². The molecule has 0 spiro atoms. The molecule has 0 heterocycles. The van der Waals surface area contributed by atoms with E-state index < -0.39 is 0 Å². The molecule has 0 unspecified atom stereocenters. The van der Waals surface area contributed by atoms with E-state index in [4.69, 9.17) is 9.47 Å². The molecule has 0 aliphatic heterocycles. The van der Waals surface area contributed by atoms with Crippen molar-refractivity contribution in [3.8, 4) is 0 Å². The van der Waals surface area contributed by atoms with Crippen LogP contribution in [-0.4, -0.2) is 65.0 Å². The van der Waals surface area contributed by atoms with Gasteiger partial charge in [-0.05, 0) is 14.1 Å². The van der Waals surface area contributed by atoms with Crippen molar-refractivity contribution in [3.05, 3.63) is 0 Å². The highest BCUT2D eigenvalue weighted by atomic mass is 16.5. The average Bonchev–Trinajstić information content (AvgIpc) is 2.21. The molecule has 90 valence electrons. The van der Waals surface area contributed by atoms with Crippen LogP contribution in [0.2, 0.25) is 0 Å². The molecule has 0 rings (SSSR count). The molecule has 0 fully saturated rings. The Hall–Kier alpha value is -0.650. The lowest BCUT2D eigenvalue weighted by Gasteiger charge is -2.09. The number of hydrogen-bond donors (Lipinski definition) is 0. The van der Waals surface area contributed by atoms with Crippen molar-refractivity contribution in [2.75, 3.05) is 54.2 Å². The fourth-order valence-electron chi connectivity index (χ4n) is 0.827. The Morgan fingerprint density at radius 3 is 2.20 bits per heavy atom. The molecule has 0 atom stereocenters. The van der Waals surface area contributed by atoms with Crippen molar-refractivity contribution in [2.45, 2.75) is 6.42 Å². The first-order valence-corrected chi connectivity index (χ1v) is 5.04. The minimum Gasteiger partial charge on any atom is -0.469 e. The molecule has 0 aliphatic carbocycles. The molecule has 0 N–H and O–H groups in total. The summed E-state index contributed by atoms with van der Waals surface area (Å²) in [7, 11) is 5.36. The summed E-state index contributed by atoms with van der Waals surface area (Å²) in [5.74, 6) is -0.247. The minimum atomic E-state index is -0.247. The third kappa shape index (κ3) is 11.3. The van der Waals surface area contributed by atoms with Crippen LogP contribution in [0.1, 0.15) is 6.42 Å². The van der Waals surface area contributed by atoms with Crippen LogP contribution >= 0.6 is 0 Å². The number of nitrogens with zero attached hydrogens (tertiary/aromatic N) is 1. The van der Waals surface area contributed by atoms with Crippen LogP contribution in [-0.2, 0) is 19.0 Å². The van der Waals surface area contributed by atoms with E-state index in [2.05, 4.69) is 9.64 Å². The molecular formula is C10H21NO4. The van der Waals surface area contributed by atoms with E-state index in [1.807, 2.05) is 14.1 Å². The smallest absolute Gasteiger partial charge is 0.307 e. The topological polar surface area (TPSA) is 48.0 Å². The van der Waals surface area contributed by atoms with Gasteiger partial charge < -0.3 is 19.1 Å². The summed E-state index contributed by atoms with van der Waals surface area (Å²) in [4.78, 5) is 12.7. The number of ether oxygens (including phenoxy) is 3. The van der Waals surface area contributed by atoms with Crippen molar-refractivity contribution in [1.29, 1.82) is 0 Å². The first-order valence-electron chi connectivity index (χ1n) is 5.04. The highest BCUT2D eigenvalue weighted by Gasteiger charge is 1.98. The molecule has 5 nitrogen and oxygen atoms in total. The molecule has 0 aromatic heterocycles. The van der Waals surface area contributed by atoms with Gasteiger partial charge in [0.2, 0.25) is 0 Å². The number of carbonyl (C=O) groups excluding carboxylic acids is 1. The standard InChI is InChI=1S/C10H21NO4/c1-11(2)5-7-15-9-8-14-6-4-10(12)13-3/h4-9H2,1-3H3. The van der Waals surface area contributed by atoms with Crippen LogP contribution in [0.15, 0.2) is 0 Å². The van der Waals surface area contributed by atoms with Gasteiger partial charge in [0.25, 0.3) is 0 Å². The summed E-state index contributed by atoms with van der Waals surface area (Å²) in [6, 6.07) is 0. The van der Waals surface area contributed by atoms with Crippen molar-refractivity contribution >= 4 is 5.97 Å². The number of carbonyl (C=O) groups is 1. The van der Waals surface area contributed by atoms with Gasteiger partial charge >= 0.3 is 5.97 Å². The molecule has 0 saturated heterocycles. The van der Waals surface area contributed by atoms with E-state index in [0.717, 1.165) is 6.54 Å². The highest BCUT2D eigenvalue weighted by molar-refractivity contribution is 5.69. The van der Waals surface area contributed by atoms with Gasteiger partial charge in [-0.25, -0.2) is 0 Å². The lowest BCUT2D eigenvalue weighted by molar-refractivity contribution is -0.141. The van der Waals surface area contributed by atoms with E-state index in [9.17, 15) is 4.79 Å². The summed E-state index contributed by atoms with van der Waals surface area (Å²) in [6.07, 6.45) is 0.300. The summed E-state index contributed by atoms with van der Waals surface area (Å²) >= 11 is 0. The number of hydrogen-bond acceptors (Lipinski definition) is 5. The first-order chi connectivity index (χ1) is 7.16. The van der Waals surface area contributed by atoms with Gasteiger partial charge in [-0.3, -0.25) is 4.79 Å². The maximum absolute atomic E-state index is 10.7. The quantitative estimate of drug-likeness (QED) is 0.408. The molecule has 0 radical (unpaired) electrons. The minimum absolute atomic E-state index is 0.247. The highest BCUT2D eigenvalue weighted by Crippen LogP contribution is 1.87. The van der Waals surface area contributed by atoms with Crippen molar-refractivity contribution < 1.29 is 19.0 Å². The third-order valence-corrected chi connectivity index (χ3v) is 1.73. The van der Waals surface area contributed by atoms with E-state index in [0.29, 0.717) is 32.8 Å². The predicted octanol–water partition coefficient (Wildman–Crippen LogP) is 0.144. The van der Waals surface area contributed by atoms with Crippen molar-refractivity contribution in [3.63, 3.8) is 0 Å². The molecule has 0 aliphatic rings. The second-order valence-electron chi connectivity index (χ2n) is 3.35. The lowest BCUT2D eigenvalue weighted by atomic mass is 10.5. The normalized spacial score (nSPS) is 10.7. The summed E-state index contributed by atoms with van der Waals surface area (Å²) in [5, 5.41) is 0. The average molecular weight is 219 g/mol. The van der Waals surface area contributed by atoms with Crippen LogP contribution in [0.3, 0.4) is 0 Å². The zero-order chi connectivity index (χ0) is 11.5. The Morgan fingerprint density at radius 2 is 1.67 bits per heavy atom. The van der Waals surface area contributed by atoms with E-state index in [-0.39, 0.29) is 5.97 Å². The number of methoxy groups -OCH3 is 1. The van der Waals surface area contributed by atoms with Crippen LogP contribution in [0.4, 0.5) is 0 Å². The SMILES string of the molecule is COC(=O)CCOCCOCCN(C)C. The fraction of sp³-hybridized carbons (Fsp3) is 0.900. The molecule has 0 saturated carbocycles. The van der Waals surface area contributed by atoms with E-state index in [1.165, 1.54) is 7.11 Å². The largest absolute Gasteiger partial charge is 0.469 e. The Morgan fingerprint density at radius 1 is 1.07 bits per heavy atom. The van der Waals surface area contributed by atoms with Gasteiger partial charge in [-0.1, -0.05) is 0 Å². The Bertz CT molecular complexity index is 162. The first kappa shape index (κ1) is 14.3. The molecule has 0 bridgehead atoms. The maximum atomic E-state index is 10.7. The molecule has 0 aromatic rings. The van der Waals surface area contributed by atoms with Gasteiger partial charge in [0, 0.05) is 6.54 Å². The Balaban J connectivity index is 3.02. The Kier molecular flexibility index (Phi) is 9.46. The monoisotopic (exact) mass is 219 g/mol. The molecular weight excluding hydrogens is 198 g/mol.